The molecule has 11 nitrogen and oxygen atoms in total. The minimum absolute atomic E-state index is 0.0439. The van der Waals surface area contributed by atoms with E-state index in [0.29, 0.717) is 37.0 Å². The fraction of sp³-hybridized carbons (Fsp3) is 0.375. The van der Waals surface area contributed by atoms with Gasteiger partial charge in [-0.2, -0.15) is 15.3 Å². The number of nitriles is 1. The van der Waals surface area contributed by atoms with Crippen LogP contribution >= 0.6 is 0 Å². The molecule has 3 aromatic heterocycles. The highest BCUT2D eigenvalue weighted by atomic mass is 19.3. The predicted molar refractivity (Wildman–Crippen MR) is 166 cm³/mol. The number of hydrogen-bond donors (Lipinski definition) is 2. The molecule has 1 aliphatic heterocycles. The zero-order valence-corrected chi connectivity index (χ0v) is 24.9. The van der Waals surface area contributed by atoms with Gasteiger partial charge in [-0.15, -0.1) is 0 Å². The van der Waals surface area contributed by atoms with E-state index in [-0.39, 0.29) is 36.8 Å². The standard InChI is InChI=1S/C32H34F2N10O/c1-42-18-24(17-39-42)22-7-12-28(36-15-22)44(32(45)38-14-21-5-3-2-4-6-21)27-10-8-26(9-11-27)40-31-37-16-23(13-35)30(41-31)43-19-25(20-43)29(33)34/h2-7,12,15-18,25-27,29H,8-11,14,19-20H2,1H3,(H,38,45)(H,37,40,41)/t26-,27-. The Morgan fingerprint density at radius 1 is 1.04 bits per heavy atom. The van der Waals surface area contributed by atoms with E-state index < -0.39 is 12.3 Å². The minimum atomic E-state index is -2.39. The van der Waals surface area contributed by atoms with Crippen molar-refractivity contribution < 1.29 is 13.6 Å². The van der Waals surface area contributed by atoms with Crippen molar-refractivity contribution in [2.24, 2.45) is 13.0 Å². The summed E-state index contributed by atoms with van der Waals surface area (Å²) >= 11 is 0. The van der Waals surface area contributed by atoms with Crippen LogP contribution in [0, 0.1) is 17.2 Å². The van der Waals surface area contributed by atoms with Crippen molar-refractivity contribution in [3.63, 3.8) is 0 Å². The minimum Gasteiger partial charge on any atom is -0.354 e. The first kappa shape index (κ1) is 29.9. The number of benzene rings is 1. The number of pyridine rings is 1. The largest absolute Gasteiger partial charge is 0.354 e. The lowest BCUT2D eigenvalue weighted by Gasteiger charge is -2.40. The predicted octanol–water partition coefficient (Wildman–Crippen LogP) is 4.98. The Kier molecular flexibility index (Phi) is 8.81. The Balaban J connectivity index is 1.14. The van der Waals surface area contributed by atoms with Crippen LogP contribution < -0.4 is 20.4 Å². The van der Waals surface area contributed by atoms with Crippen LogP contribution in [0.3, 0.4) is 0 Å². The summed E-state index contributed by atoms with van der Waals surface area (Å²) in [6.07, 6.45) is 7.42. The second kappa shape index (κ2) is 13.3. The zero-order chi connectivity index (χ0) is 31.3. The summed E-state index contributed by atoms with van der Waals surface area (Å²) in [5.41, 5.74) is 3.12. The van der Waals surface area contributed by atoms with Crippen LogP contribution in [-0.2, 0) is 13.6 Å². The number of amides is 2. The summed E-state index contributed by atoms with van der Waals surface area (Å²) in [6.45, 7) is 0.717. The van der Waals surface area contributed by atoms with E-state index in [2.05, 4.69) is 36.8 Å². The van der Waals surface area contributed by atoms with Crippen LogP contribution in [0.25, 0.3) is 11.1 Å². The highest BCUT2D eigenvalue weighted by molar-refractivity contribution is 5.91. The Morgan fingerprint density at radius 2 is 1.82 bits per heavy atom. The molecule has 4 heterocycles. The number of aromatic nitrogens is 5. The van der Waals surface area contributed by atoms with Crippen molar-refractivity contribution in [1.29, 1.82) is 5.26 Å². The van der Waals surface area contributed by atoms with Crippen LogP contribution in [0.1, 0.15) is 36.8 Å². The normalized spacial score (nSPS) is 18.2. The van der Waals surface area contributed by atoms with Gasteiger partial charge in [0.05, 0.1) is 18.3 Å². The van der Waals surface area contributed by atoms with E-state index >= 15 is 0 Å². The molecule has 1 saturated heterocycles. The van der Waals surface area contributed by atoms with Crippen molar-refractivity contribution >= 4 is 23.6 Å². The number of aryl methyl sites for hydroxylation is 1. The van der Waals surface area contributed by atoms with Gasteiger partial charge in [-0.3, -0.25) is 9.58 Å². The molecule has 45 heavy (non-hydrogen) atoms. The van der Waals surface area contributed by atoms with Crippen LogP contribution in [0.15, 0.2) is 67.3 Å². The van der Waals surface area contributed by atoms with Crippen molar-refractivity contribution in [3.8, 4) is 17.2 Å². The highest BCUT2D eigenvalue weighted by Crippen LogP contribution is 2.32. The Bertz CT molecular complexity index is 1640. The number of anilines is 3. The number of halogens is 2. The molecule has 0 bridgehead atoms. The van der Waals surface area contributed by atoms with E-state index in [1.807, 2.05) is 55.7 Å². The summed E-state index contributed by atoms with van der Waals surface area (Å²) in [4.78, 5) is 30.6. The van der Waals surface area contributed by atoms with Crippen molar-refractivity contribution in [2.75, 3.05) is 28.2 Å². The summed E-state index contributed by atoms with van der Waals surface area (Å²) in [6, 6.07) is 15.4. The second-order valence-electron chi connectivity index (χ2n) is 11.5. The highest BCUT2D eigenvalue weighted by Gasteiger charge is 2.36. The zero-order valence-electron chi connectivity index (χ0n) is 24.9. The van der Waals surface area contributed by atoms with Gasteiger partial charge in [0, 0.05) is 62.3 Å². The van der Waals surface area contributed by atoms with Gasteiger partial charge in [0.15, 0.2) is 5.82 Å². The maximum atomic E-state index is 13.7. The van der Waals surface area contributed by atoms with E-state index in [4.69, 9.17) is 0 Å². The maximum absolute atomic E-state index is 13.7. The summed E-state index contributed by atoms with van der Waals surface area (Å²) < 4.78 is 27.8. The molecule has 1 aromatic carbocycles. The van der Waals surface area contributed by atoms with Crippen molar-refractivity contribution in [1.82, 2.24) is 30.0 Å². The lowest BCUT2D eigenvalue weighted by Crippen LogP contribution is -2.50. The number of rotatable bonds is 9. The average molecular weight is 613 g/mol. The van der Waals surface area contributed by atoms with Gasteiger partial charge >= 0.3 is 6.03 Å². The van der Waals surface area contributed by atoms with Crippen molar-refractivity contribution in [2.45, 2.75) is 50.7 Å². The SMILES string of the molecule is Cn1cc(-c2ccc(N(C(=O)NCc3ccccc3)[C@H]3CC[C@H](Nc4ncc(C#N)c(N5CC(C(F)F)C5)n4)CC3)nc2)cn1. The number of hydrogen-bond acceptors (Lipinski definition) is 8. The van der Waals surface area contributed by atoms with Gasteiger partial charge in [-0.25, -0.2) is 23.5 Å². The Hall–Kier alpha value is -5.12. The number of carbonyl (C=O) groups is 1. The van der Waals surface area contributed by atoms with Crippen LogP contribution in [0.2, 0.25) is 0 Å². The van der Waals surface area contributed by atoms with E-state index in [1.165, 1.54) is 6.20 Å². The number of nitrogens with zero attached hydrogens (tertiary/aromatic N) is 8. The van der Waals surface area contributed by atoms with Crippen LogP contribution in [0.4, 0.5) is 31.2 Å². The topological polar surface area (TPSA) is 128 Å². The molecule has 232 valence electrons. The fourth-order valence-electron chi connectivity index (χ4n) is 5.85. The van der Waals surface area contributed by atoms with E-state index in [0.717, 1.165) is 29.5 Å². The lowest BCUT2D eigenvalue weighted by molar-refractivity contribution is 0.0611. The molecule has 4 aromatic rings. The third-order valence-electron chi connectivity index (χ3n) is 8.39. The fourth-order valence-corrected chi connectivity index (χ4v) is 5.85. The molecule has 0 radical (unpaired) electrons. The van der Waals surface area contributed by atoms with E-state index in [9.17, 15) is 18.8 Å². The van der Waals surface area contributed by atoms with Crippen LogP contribution in [-0.4, -0.2) is 62.4 Å². The van der Waals surface area contributed by atoms with E-state index in [1.54, 1.807) is 26.9 Å². The molecule has 6 rings (SSSR count). The van der Waals surface area contributed by atoms with Crippen molar-refractivity contribution in [3.05, 3.63) is 78.4 Å². The summed E-state index contributed by atoms with van der Waals surface area (Å²) in [5, 5.41) is 20.2. The summed E-state index contributed by atoms with van der Waals surface area (Å²) in [5.74, 6) is 0.592. The quantitative estimate of drug-likeness (QED) is 0.271. The van der Waals surface area contributed by atoms with Crippen LogP contribution in [0.5, 0.6) is 0 Å². The van der Waals surface area contributed by atoms with Gasteiger partial charge in [-0.1, -0.05) is 30.3 Å². The Labute approximate surface area is 259 Å². The first-order valence-corrected chi connectivity index (χ1v) is 15.0. The molecule has 0 unspecified atom stereocenters. The molecular formula is C32H34F2N10O. The molecule has 0 spiro atoms. The number of urea groups is 1. The van der Waals surface area contributed by atoms with Gasteiger partial charge in [0.1, 0.15) is 17.5 Å². The number of nitrogens with one attached hydrogen (secondary N) is 2. The molecule has 2 amide bonds. The first-order chi connectivity index (χ1) is 21.9. The Morgan fingerprint density at radius 3 is 2.47 bits per heavy atom. The van der Waals surface area contributed by atoms with Gasteiger partial charge in [-0.05, 0) is 43.4 Å². The molecular weight excluding hydrogens is 578 g/mol. The van der Waals surface area contributed by atoms with Gasteiger partial charge in [0.2, 0.25) is 12.4 Å². The molecule has 2 aliphatic rings. The molecule has 1 saturated carbocycles. The second-order valence-corrected chi connectivity index (χ2v) is 11.5. The first-order valence-electron chi connectivity index (χ1n) is 15.0. The monoisotopic (exact) mass is 612 g/mol. The number of alkyl halides is 2. The lowest BCUT2D eigenvalue weighted by atomic mass is 9.90. The van der Waals surface area contributed by atoms with Gasteiger partial charge in [0.25, 0.3) is 0 Å². The van der Waals surface area contributed by atoms with Gasteiger partial charge < -0.3 is 15.5 Å². The average Bonchev–Trinajstić information content (AvgIpc) is 3.47. The summed E-state index contributed by atoms with van der Waals surface area (Å²) in [7, 11) is 1.86. The third kappa shape index (κ3) is 6.85. The maximum Gasteiger partial charge on any atom is 0.323 e. The molecule has 2 fully saturated rings. The molecule has 0 atom stereocenters. The molecule has 1 aliphatic carbocycles. The smallest absolute Gasteiger partial charge is 0.323 e. The third-order valence-corrected chi connectivity index (χ3v) is 8.39. The molecule has 13 heteroatoms. The number of carbonyl (C=O) groups excluding carboxylic acids is 1. The molecule has 2 N–H and O–H groups in total.